The molecule has 0 radical (unpaired) electrons. The Kier molecular flexibility index (Phi) is 5.06. The molecular weight excluding hydrogens is 274 g/mol. The number of hydrogen-bond acceptors (Lipinski definition) is 3. The first kappa shape index (κ1) is 15.3. The van der Waals surface area contributed by atoms with Gasteiger partial charge in [0.25, 0.3) is 0 Å². The van der Waals surface area contributed by atoms with Gasteiger partial charge in [0, 0.05) is 23.7 Å². The summed E-state index contributed by atoms with van der Waals surface area (Å²) in [4.78, 5) is 13.9. The highest BCUT2D eigenvalue weighted by molar-refractivity contribution is 6.31. The van der Waals surface area contributed by atoms with Gasteiger partial charge in [-0.15, -0.1) is 0 Å². The van der Waals surface area contributed by atoms with E-state index in [1.54, 1.807) is 6.07 Å². The maximum Gasteiger partial charge on any atom is 0.163 e. The molecule has 4 heteroatoms. The van der Waals surface area contributed by atoms with Gasteiger partial charge in [-0.05, 0) is 44.4 Å². The molecule has 1 aliphatic heterocycles. The summed E-state index contributed by atoms with van der Waals surface area (Å²) >= 11 is 6.06. The molecule has 3 nitrogen and oxygen atoms in total. The van der Waals surface area contributed by atoms with Crippen molar-refractivity contribution in [1.82, 2.24) is 4.90 Å². The molecule has 0 saturated carbocycles. The molecule has 1 aromatic rings. The van der Waals surface area contributed by atoms with Crippen molar-refractivity contribution in [1.29, 1.82) is 0 Å². The van der Waals surface area contributed by atoms with Crippen LogP contribution in [0.3, 0.4) is 0 Å². The van der Waals surface area contributed by atoms with E-state index < -0.39 is 0 Å². The van der Waals surface area contributed by atoms with E-state index >= 15 is 0 Å². The minimum Gasteiger partial charge on any atom is -0.507 e. The van der Waals surface area contributed by atoms with Crippen molar-refractivity contribution in [3.05, 3.63) is 28.3 Å². The molecule has 1 heterocycles. The lowest BCUT2D eigenvalue weighted by molar-refractivity contribution is 0.101. The SMILES string of the molecule is CCC1CCCN(Cc2cc(Cl)cc(C(C)=O)c2O)C1. The van der Waals surface area contributed by atoms with Gasteiger partial charge < -0.3 is 5.11 Å². The Balaban J connectivity index is 2.18. The molecule has 0 aliphatic carbocycles. The number of ketones is 1. The lowest BCUT2D eigenvalue weighted by Gasteiger charge is -2.32. The van der Waals surface area contributed by atoms with E-state index in [1.165, 1.54) is 32.3 Å². The molecular formula is C16H22ClNO2. The average Bonchev–Trinajstić information content (AvgIpc) is 2.42. The van der Waals surface area contributed by atoms with Crippen molar-refractivity contribution in [3.63, 3.8) is 0 Å². The third-order valence-corrected chi connectivity index (χ3v) is 4.33. The quantitative estimate of drug-likeness (QED) is 0.857. The first-order chi connectivity index (χ1) is 9.51. The minimum atomic E-state index is -0.156. The van der Waals surface area contributed by atoms with Crippen LogP contribution in [0.5, 0.6) is 5.75 Å². The van der Waals surface area contributed by atoms with Gasteiger partial charge in [-0.1, -0.05) is 24.9 Å². The van der Waals surface area contributed by atoms with Crippen LogP contribution in [0.1, 0.15) is 49.0 Å². The predicted octanol–water partition coefficient (Wildman–Crippen LogP) is 3.87. The van der Waals surface area contributed by atoms with Crippen LogP contribution >= 0.6 is 11.6 Å². The number of phenolic OH excluding ortho intramolecular Hbond substituents is 1. The smallest absolute Gasteiger partial charge is 0.163 e. The van der Waals surface area contributed by atoms with Crippen molar-refractivity contribution in [3.8, 4) is 5.75 Å². The fraction of sp³-hybridized carbons (Fsp3) is 0.562. The maximum atomic E-state index is 11.5. The lowest BCUT2D eigenvalue weighted by Crippen LogP contribution is -2.34. The average molecular weight is 296 g/mol. The second kappa shape index (κ2) is 6.59. The Morgan fingerprint density at radius 3 is 2.90 bits per heavy atom. The summed E-state index contributed by atoms with van der Waals surface area (Å²) in [6, 6.07) is 3.30. The van der Waals surface area contributed by atoms with E-state index in [9.17, 15) is 9.90 Å². The number of Topliss-reactive ketones (excluding diaryl/α,β-unsaturated/α-hetero) is 1. The molecule has 1 saturated heterocycles. The number of rotatable bonds is 4. The number of aromatic hydroxyl groups is 1. The Labute approximate surface area is 125 Å². The summed E-state index contributed by atoms with van der Waals surface area (Å²) in [5.41, 5.74) is 1.07. The van der Waals surface area contributed by atoms with E-state index in [2.05, 4.69) is 11.8 Å². The van der Waals surface area contributed by atoms with Crippen LogP contribution in [0, 0.1) is 5.92 Å². The van der Waals surface area contributed by atoms with Crippen LogP contribution in [-0.2, 0) is 6.54 Å². The van der Waals surface area contributed by atoms with Gasteiger partial charge in [0.2, 0.25) is 0 Å². The highest BCUT2D eigenvalue weighted by atomic mass is 35.5. The number of nitrogens with zero attached hydrogens (tertiary/aromatic N) is 1. The first-order valence-electron chi connectivity index (χ1n) is 7.26. The molecule has 1 fully saturated rings. The highest BCUT2D eigenvalue weighted by Crippen LogP contribution is 2.30. The zero-order chi connectivity index (χ0) is 14.7. The Bertz CT molecular complexity index is 501. The van der Waals surface area contributed by atoms with Crippen molar-refractivity contribution in [2.24, 2.45) is 5.92 Å². The van der Waals surface area contributed by atoms with Crippen molar-refractivity contribution in [2.45, 2.75) is 39.7 Å². The number of carbonyl (C=O) groups is 1. The summed E-state index contributed by atoms with van der Waals surface area (Å²) in [5, 5.41) is 10.7. The Morgan fingerprint density at radius 2 is 2.25 bits per heavy atom. The molecule has 110 valence electrons. The molecule has 1 atom stereocenters. The summed E-state index contributed by atoms with van der Waals surface area (Å²) in [6.07, 6.45) is 3.67. The fourth-order valence-electron chi connectivity index (χ4n) is 2.91. The van der Waals surface area contributed by atoms with Gasteiger partial charge >= 0.3 is 0 Å². The molecule has 0 spiro atoms. The van der Waals surface area contributed by atoms with Gasteiger partial charge in [0.05, 0.1) is 5.56 Å². The lowest BCUT2D eigenvalue weighted by atomic mass is 9.95. The van der Waals surface area contributed by atoms with Crippen molar-refractivity contribution >= 4 is 17.4 Å². The molecule has 2 rings (SSSR count). The number of halogens is 1. The minimum absolute atomic E-state index is 0.0838. The molecule has 1 unspecified atom stereocenters. The number of likely N-dealkylation sites (tertiary alicyclic amines) is 1. The Hall–Kier alpha value is -1.06. The molecule has 1 aliphatic rings. The van der Waals surface area contributed by atoms with E-state index in [-0.39, 0.29) is 11.5 Å². The number of phenols is 1. The van der Waals surface area contributed by atoms with E-state index in [0.717, 1.165) is 24.6 Å². The molecule has 20 heavy (non-hydrogen) atoms. The summed E-state index contributed by atoms with van der Waals surface area (Å²) in [6.45, 7) is 6.42. The van der Waals surface area contributed by atoms with Gasteiger partial charge in [0.1, 0.15) is 5.75 Å². The largest absolute Gasteiger partial charge is 0.507 e. The van der Waals surface area contributed by atoms with E-state index in [1.807, 2.05) is 0 Å². The molecule has 1 aromatic carbocycles. The van der Waals surface area contributed by atoms with Crippen LogP contribution in [0.15, 0.2) is 12.1 Å². The highest BCUT2D eigenvalue weighted by Gasteiger charge is 2.21. The molecule has 0 amide bonds. The van der Waals surface area contributed by atoms with Crippen LogP contribution < -0.4 is 0 Å². The van der Waals surface area contributed by atoms with Crippen molar-refractivity contribution in [2.75, 3.05) is 13.1 Å². The van der Waals surface area contributed by atoms with Crippen LogP contribution in [0.25, 0.3) is 0 Å². The van der Waals surface area contributed by atoms with Crippen molar-refractivity contribution < 1.29 is 9.90 Å². The normalized spacial score (nSPS) is 20.1. The zero-order valence-corrected chi connectivity index (χ0v) is 12.9. The second-order valence-electron chi connectivity index (χ2n) is 5.67. The van der Waals surface area contributed by atoms with Gasteiger partial charge in [-0.3, -0.25) is 9.69 Å². The Morgan fingerprint density at radius 1 is 1.50 bits per heavy atom. The fourth-order valence-corrected chi connectivity index (χ4v) is 3.15. The summed E-state index contributed by atoms with van der Waals surface area (Å²) < 4.78 is 0. The molecule has 1 N–H and O–H groups in total. The van der Waals surface area contributed by atoms with E-state index in [0.29, 0.717) is 17.1 Å². The monoisotopic (exact) mass is 295 g/mol. The number of hydrogen-bond donors (Lipinski definition) is 1. The first-order valence-corrected chi connectivity index (χ1v) is 7.63. The predicted molar refractivity (Wildman–Crippen MR) is 81.4 cm³/mol. The maximum absolute atomic E-state index is 11.5. The summed E-state index contributed by atoms with van der Waals surface area (Å²) in [5.74, 6) is 0.661. The molecule has 0 aromatic heterocycles. The molecule has 0 bridgehead atoms. The van der Waals surface area contributed by atoms with Gasteiger partial charge in [-0.25, -0.2) is 0 Å². The standard InChI is InChI=1S/C16H22ClNO2/c1-3-12-5-4-6-18(9-12)10-13-7-14(17)8-15(11(2)19)16(13)20/h7-8,12,20H,3-6,9-10H2,1-2H3. The third kappa shape index (κ3) is 3.53. The topological polar surface area (TPSA) is 40.5 Å². The number of carbonyl (C=O) groups excluding carboxylic acids is 1. The number of piperidine rings is 1. The van der Waals surface area contributed by atoms with E-state index in [4.69, 9.17) is 11.6 Å². The van der Waals surface area contributed by atoms with Crippen LogP contribution in [0.2, 0.25) is 5.02 Å². The summed E-state index contributed by atoms with van der Waals surface area (Å²) in [7, 11) is 0. The van der Waals surface area contributed by atoms with Gasteiger partial charge in [0.15, 0.2) is 5.78 Å². The van der Waals surface area contributed by atoms with Gasteiger partial charge in [-0.2, -0.15) is 0 Å². The van der Waals surface area contributed by atoms with Crippen LogP contribution in [-0.4, -0.2) is 28.9 Å². The number of benzene rings is 1. The second-order valence-corrected chi connectivity index (χ2v) is 6.11. The third-order valence-electron chi connectivity index (χ3n) is 4.11. The van der Waals surface area contributed by atoms with Crippen LogP contribution in [0.4, 0.5) is 0 Å². The zero-order valence-electron chi connectivity index (χ0n) is 12.2.